The van der Waals surface area contributed by atoms with Crippen molar-refractivity contribution in [2.75, 3.05) is 0 Å². The zero-order valence-corrected chi connectivity index (χ0v) is 22.5. The van der Waals surface area contributed by atoms with Crippen LogP contribution < -0.4 is 5.32 Å². The van der Waals surface area contributed by atoms with Gasteiger partial charge in [-0.25, -0.2) is 0 Å². The van der Waals surface area contributed by atoms with Crippen molar-refractivity contribution in [2.45, 2.75) is 38.4 Å². The number of halogens is 2. The Kier molecular flexibility index (Phi) is 9.97. The number of benzene rings is 4. The Labute approximate surface area is 234 Å². The molecule has 4 aromatic carbocycles. The Morgan fingerprint density at radius 1 is 0.711 bits per heavy atom. The molecule has 4 rings (SSSR count). The van der Waals surface area contributed by atoms with E-state index in [9.17, 15) is 9.59 Å². The Morgan fingerprint density at radius 2 is 1.32 bits per heavy atom. The molecule has 4 nitrogen and oxygen atoms in total. The lowest BCUT2D eigenvalue weighted by atomic mass is 10.0. The maximum absolute atomic E-state index is 13.8. The molecule has 0 bridgehead atoms. The van der Waals surface area contributed by atoms with Crippen LogP contribution in [0.2, 0.25) is 10.0 Å². The highest BCUT2D eigenvalue weighted by Gasteiger charge is 2.30. The van der Waals surface area contributed by atoms with Gasteiger partial charge in [-0.1, -0.05) is 114 Å². The summed E-state index contributed by atoms with van der Waals surface area (Å²) in [5.74, 6) is -0.312. The third-order valence-corrected chi connectivity index (χ3v) is 7.04. The van der Waals surface area contributed by atoms with Gasteiger partial charge in [-0.15, -0.1) is 0 Å². The number of aryl methyl sites for hydroxylation is 1. The average Bonchev–Trinajstić information content (AvgIpc) is 2.95. The minimum absolute atomic E-state index is 0.0855. The molecule has 0 aliphatic heterocycles. The zero-order chi connectivity index (χ0) is 26.7. The van der Waals surface area contributed by atoms with Gasteiger partial charge in [-0.3, -0.25) is 9.59 Å². The summed E-state index contributed by atoms with van der Waals surface area (Å²) in [6, 6.07) is 33.7. The number of hydrogen-bond donors (Lipinski definition) is 1. The normalized spacial score (nSPS) is 11.5. The summed E-state index contributed by atoms with van der Waals surface area (Å²) < 4.78 is 0. The molecular formula is C32H30Cl2N2O2. The van der Waals surface area contributed by atoms with Crippen molar-refractivity contribution in [3.8, 4) is 0 Å². The molecule has 4 aromatic rings. The zero-order valence-electron chi connectivity index (χ0n) is 21.0. The largest absolute Gasteiger partial charge is 0.350 e. The fraction of sp³-hybridized carbons (Fsp3) is 0.188. The number of nitrogens with one attached hydrogen (secondary N) is 1. The van der Waals surface area contributed by atoms with Gasteiger partial charge in [0.25, 0.3) is 0 Å². The monoisotopic (exact) mass is 544 g/mol. The highest BCUT2D eigenvalue weighted by Crippen LogP contribution is 2.19. The molecule has 1 N–H and O–H groups in total. The fourth-order valence-corrected chi connectivity index (χ4v) is 4.65. The highest BCUT2D eigenvalue weighted by atomic mass is 35.5. The molecule has 0 saturated carbocycles. The van der Waals surface area contributed by atoms with Crippen molar-refractivity contribution < 1.29 is 9.59 Å². The molecule has 0 radical (unpaired) electrons. The van der Waals surface area contributed by atoms with E-state index in [1.54, 1.807) is 23.1 Å². The van der Waals surface area contributed by atoms with Gasteiger partial charge in [0.05, 0.1) is 0 Å². The minimum Gasteiger partial charge on any atom is -0.350 e. The molecule has 0 saturated heterocycles. The first kappa shape index (κ1) is 27.4. The summed E-state index contributed by atoms with van der Waals surface area (Å²) in [4.78, 5) is 29.2. The number of carbonyl (C=O) groups is 2. The second-order valence-electron chi connectivity index (χ2n) is 9.15. The number of carbonyl (C=O) groups excluding carboxylic acids is 2. The van der Waals surface area contributed by atoms with E-state index in [4.69, 9.17) is 23.2 Å². The Balaban J connectivity index is 1.61. The SMILES string of the molecule is O=C(NCc1ccccc1Cl)C(Cc1ccccc1)N(Cc1ccc(Cl)cc1)C(=O)CCc1ccccc1. The summed E-state index contributed by atoms with van der Waals surface area (Å²) in [7, 11) is 0. The van der Waals surface area contributed by atoms with Gasteiger partial charge >= 0.3 is 0 Å². The van der Waals surface area contributed by atoms with Gasteiger partial charge in [-0.2, -0.15) is 0 Å². The first-order valence-corrected chi connectivity index (χ1v) is 13.4. The number of amides is 2. The van der Waals surface area contributed by atoms with Gasteiger partial charge in [0.2, 0.25) is 11.8 Å². The van der Waals surface area contributed by atoms with E-state index < -0.39 is 6.04 Å². The Bertz CT molecular complexity index is 1330. The van der Waals surface area contributed by atoms with E-state index in [0.29, 0.717) is 35.9 Å². The van der Waals surface area contributed by atoms with Crippen LogP contribution in [0.5, 0.6) is 0 Å². The van der Waals surface area contributed by atoms with Crippen LogP contribution in [0.15, 0.2) is 109 Å². The number of hydrogen-bond acceptors (Lipinski definition) is 2. The maximum atomic E-state index is 13.8. The van der Waals surface area contributed by atoms with Crippen molar-refractivity contribution in [3.63, 3.8) is 0 Å². The summed E-state index contributed by atoms with van der Waals surface area (Å²) in [6.07, 6.45) is 1.27. The first-order valence-electron chi connectivity index (χ1n) is 12.6. The average molecular weight is 546 g/mol. The molecule has 0 aliphatic carbocycles. The number of nitrogens with zero attached hydrogens (tertiary/aromatic N) is 1. The molecule has 1 unspecified atom stereocenters. The van der Waals surface area contributed by atoms with E-state index in [2.05, 4.69) is 5.32 Å². The van der Waals surface area contributed by atoms with Crippen LogP contribution in [-0.4, -0.2) is 22.8 Å². The topological polar surface area (TPSA) is 49.4 Å². The third-order valence-electron chi connectivity index (χ3n) is 6.42. The van der Waals surface area contributed by atoms with E-state index in [-0.39, 0.29) is 18.4 Å². The minimum atomic E-state index is -0.709. The molecule has 0 heterocycles. The van der Waals surface area contributed by atoms with Gasteiger partial charge < -0.3 is 10.2 Å². The lowest BCUT2D eigenvalue weighted by Gasteiger charge is -2.32. The molecule has 6 heteroatoms. The smallest absolute Gasteiger partial charge is 0.243 e. The van der Waals surface area contributed by atoms with Crippen LogP contribution in [0, 0.1) is 0 Å². The molecule has 0 spiro atoms. The van der Waals surface area contributed by atoms with Crippen LogP contribution in [0.3, 0.4) is 0 Å². The second-order valence-corrected chi connectivity index (χ2v) is 9.99. The van der Waals surface area contributed by atoms with Crippen LogP contribution in [0.25, 0.3) is 0 Å². The molecule has 38 heavy (non-hydrogen) atoms. The van der Waals surface area contributed by atoms with Gasteiger partial charge in [0.15, 0.2) is 0 Å². The summed E-state index contributed by atoms with van der Waals surface area (Å²) in [5, 5.41) is 4.23. The predicted molar refractivity (Wildman–Crippen MR) is 154 cm³/mol. The lowest BCUT2D eigenvalue weighted by Crippen LogP contribution is -2.50. The quantitative estimate of drug-likeness (QED) is 0.223. The van der Waals surface area contributed by atoms with Crippen molar-refractivity contribution in [2.24, 2.45) is 0 Å². The standard InChI is InChI=1S/C32H30Cl2N2O2/c33-28-18-15-26(16-19-28)23-36(31(37)20-17-24-9-3-1-4-10-24)30(21-25-11-5-2-6-12-25)32(38)35-22-27-13-7-8-14-29(27)34/h1-16,18-19,30H,17,20-23H2,(H,35,38). The second kappa shape index (κ2) is 13.8. The molecular weight excluding hydrogens is 515 g/mol. The summed E-state index contributed by atoms with van der Waals surface area (Å²) >= 11 is 12.4. The van der Waals surface area contributed by atoms with E-state index in [0.717, 1.165) is 22.3 Å². The van der Waals surface area contributed by atoms with Crippen molar-refractivity contribution >= 4 is 35.0 Å². The van der Waals surface area contributed by atoms with E-state index >= 15 is 0 Å². The fourth-order valence-electron chi connectivity index (χ4n) is 4.32. The van der Waals surface area contributed by atoms with Gasteiger partial charge in [0.1, 0.15) is 6.04 Å². The highest BCUT2D eigenvalue weighted by molar-refractivity contribution is 6.31. The molecule has 0 fully saturated rings. The van der Waals surface area contributed by atoms with Crippen molar-refractivity contribution in [1.82, 2.24) is 10.2 Å². The van der Waals surface area contributed by atoms with Crippen LogP contribution in [-0.2, 0) is 35.5 Å². The van der Waals surface area contributed by atoms with E-state index in [1.165, 1.54) is 0 Å². The third kappa shape index (κ3) is 7.95. The van der Waals surface area contributed by atoms with Gasteiger partial charge in [0, 0.05) is 36.0 Å². The molecule has 1 atom stereocenters. The molecule has 2 amide bonds. The summed E-state index contributed by atoms with van der Waals surface area (Å²) in [5.41, 5.74) is 3.78. The van der Waals surface area contributed by atoms with Crippen molar-refractivity contribution in [1.29, 1.82) is 0 Å². The van der Waals surface area contributed by atoms with Gasteiger partial charge in [-0.05, 0) is 46.9 Å². The first-order chi connectivity index (χ1) is 18.5. The Morgan fingerprint density at radius 3 is 1.97 bits per heavy atom. The predicted octanol–water partition coefficient (Wildman–Crippen LogP) is 6.88. The molecule has 194 valence electrons. The van der Waals surface area contributed by atoms with Crippen LogP contribution >= 0.6 is 23.2 Å². The van der Waals surface area contributed by atoms with Crippen LogP contribution in [0.1, 0.15) is 28.7 Å². The van der Waals surface area contributed by atoms with Crippen molar-refractivity contribution in [3.05, 3.63) is 141 Å². The number of rotatable bonds is 11. The summed E-state index contributed by atoms with van der Waals surface area (Å²) in [6.45, 7) is 0.568. The van der Waals surface area contributed by atoms with E-state index in [1.807, 2.05) is 91.0 Å². The molecule has 0 aliphatic rings. The Hall–Kier alpha value is -3.60. The lowest BCUT2D eigenvalue weighted by molar-refractivity contribution is -0.141. The van der Waals surface area contributed by atoms with Crippen LogP contribution in [0.4, 0.5) is 0 Å². The molecule has 0 aromatic heterocycles. The maximum Gasteiger partial charge on any atom is 0.243 e.